The van der Waals surface area contributed by atoms with Crippen molar-refractivity contribution in [2.24, 2.45) is 11.8 Å². The van der Waals surface area contributed by atoms with E-state index in [-0.39, 0.29) is 0 Å². The lowest BCUT2D eigenvalue weighted by Crippen LogP contribution is -2.58. The summed E-state index contributed by atoms with van der Waals surface area (Å²) in [6, 6.07) is 9.95. The number of carbonyl (C=O) groups excluding carboxylic acids is 2. The number of carbonyl (C=O) groups is 3. The van der Waals surface area contributed by atoms with Gasteiger partial charge in [0.05, 0.1) is 35.9 Å². The molecule has 2 aromatic rings. The molecular weight excluding hydrogens is 398 g/mol. The molecule has 3 N–H and O–H groups in total. The van der Waals surface area contributed by atoms with Crippen molar-refractivity contribution in [2.75, 3.05) is 11.5 Å². The van der Waals surface area contributed by atoms with Gasteiger partial charge in [0.25, 0.3) is 0 Å². The molecule has 2 fully saturated rings. The smallest absolute Gasteiger partial charge is 0.327 e. The van der Waals surface area contributed by atoms with Gasteiger partial charge in [0.1, 0.15) is 0 Å². The molecule has 2 saturated heterocycles. The molecule has 1 aromatic carbocycles. The number of rotatable bonds is 6. The summed E-state index contributed by atoms with van der Waals surface area (Å²) in [6.07, 6.45) is 2.77. The standard InChI is InChI=1S/C23H25N3O5/c1-3-13-8-7-9-14(4-2)19(13)26-20(28)16-17(21(26)29)23(12-27,22(30)31)25-18(16)15-10-5-6-11-24-15/h5-11,16-18,25,27H,3-4,12H2,1-2H3,(H,30,31). The summed E-state index contributed by atoms with van der Waals surface area (Å²) >= 11 is 0. The minimum Gasteiger partial charge on any atom is -0.480 e. The van der Waals surface area contributed by atoms with Gasteiger partial charge in [-0.05, 0) is 36.1 Å². The molecule has 4 atom stereocenters. The van der Waals surface area contributed by atoms with Crippen molar-refractivity contribution in [1.82, 2.24) is 10.3 Å². The van der Waals surface area contributed by atoms with E-state index in [1.165, 1.54) is 0 Å². The Bertz CT molecular complexity index is 1020. The largest absolute Gasteiger partial charge is 0.480 e. The van der Waals surface area contributed by atoms with Gasteiger partial charge in [-0.2, -0.15) is 0 Å². The second-order valence-corrected chi connectivity index (χ2v) is 7.96. The predicted molar refractivity (Wildman–Crippen MR) is 112 cm³/mol. The number of aryl methyl sites for hydroxylation is 2. The van der Waals surface area contributed by atoms with Crippen LogP contribution in [0.5, 0.6) is 0 Å². The van der Waals surface area contributed by atoms with Gasteiger partial charge in [-0.25, -0.2) is 4.90 Å². The SMILES string of the molecule is CCc1cccc(CC)c1N1C(=O)C2C(c3ccccn3)NC(CO)(C(=O)O)C2C1=O. The molecule has 2 aliphatic rings. The zero-order valence-corrected chi connectivity index (χ0v) is 17.4. The zero-order chi connectivity index (χ0) is 22.3. The van der Waals surface area contributed by atoms with Crippen molar-refractivity contribution in [3.8, 4) is 0 Å². The van der Waals surface area contributed by atoms with Crippen LogP contribution in [0.15, 0.2) is 42.6 Å². The van der Waals surface area contributed by atoms with Gasteiger partial charge in [-0.1, -0.05) is 38.1 Å². The van der Waals surface area contributed by atoms with E-state index < -0.39 is 47.8 Å². The van der Waals surface area contributed by atoms with Gasteiger partial charge in [0.2, 0.25) is 11.8 Å². The number of aliphatic carboxylic acids is 1. The maximum Gasteiger partial charge on any atom is 0.327 e. The van der Waals surface area contributed by atoms with Gasteiger partial charge in [0, 0.05) is 6.20 Å². The lowest BCUT2D eigenvalue weighted by Gasteiger charge is -2.30. The number of aliphatic hydroxyl groups excluding tert-OH is 1. The first-order valence-electron chi connectivity index (χ1n) is 10.4. The van der Waals surface area contributed by atoms with E-state index in [0.717, 1.165) is 16.0 Å². The number of nitrogens with zero attached hydrogens (tertiary/aromatic N) is 2. The third-order valence-electron chi connectivity index (χ3n) is 6.48. The fourth-order valence-corrected chi connectivity index (χ4v) is 4.95. The minimum absolute atomic E-state index is 0.455. The number of aromatic nitrogens is 1. The Balaban J connectivity index is 1.90. The van der Waals surface area contributed by atoms with Gasteiger partial charge < -0.3 is 10.2 Å². The third-order valence-corrected chi connectivity index (χ3v) is 6.48. The van der Waals surface area contributed by atoms with Crippen LogP contribution >= 0.6 is 0 Å². The summed E-state index contributed by atoms with van der Waals surface area (Å²) in [6.45, 7) is 3.06. The van der Waals surface area contributed by atoms with Crippen LogP contribution in [0.3, 0.4) is 0 Å². The molecule has 0 aliphatic carbocycles. The topological polar surface area (TPSA) is 120 Å². The zero-order valence-electron chi connectivity index (χ0n) is 17.4. The van der Waals surface area contributed by atoms with Crippen LogP contribution in [-0.4, -0.2) is 45.1 Å². The van der Waals surface area contributed by atoms with Crippen LogP contribution in [0.25, 0.3) is 0 Å². The first-order valence-corrected chi connectivity index (χ1v) is 10.4. The van der Waals surface area contributed by atoms with E-state index in [4.69, 9.17) is 0 Å². The van der Waals surface area contributed by atoms with Gasteiger partial charge in [0.15, 0.2) is 5.54 Å². The molecule has 162 valence electrons. The first-order chi connectivity index (χ1) is 14.9. The van der Waals surface area contributed by atoms with Crippen LogP contribution in [0.1, 0.15) is 36.7 Å². The van der Waals surface area contributed by atoms with Crippen molar-refractivity contribution >= 4 is 23.5 Å². The normalized spacial score (nSPS) is 27.6. The molecule has 1 aromatic heterocycles. The van der Waals surface area contributed by atoms with Crippen LogP contribution < -0.4 is 10.2 Å². The fourth-order valence-electron chi connectivity index (χ4n) is 4.95. The molecular formula is C23H25N3O5. The van der Waals surface area contributed by atoms with Crippen molar-refractivity contribution < 1.29 is 24.6 Å². The Morgan fingerprint density at radius 1 is 1.10 bits per heavy atom. The van der Waals surface area contributed by atoms with Crippen molar-refractivity contribution in [2.45, 2.75) is 38.3 Å². The van der Waals surface area contributed by atoms with Crippen LogP contribution in [0, 0.1) is 11.8 Å². The quantitative estimate of drug-likeness (QED) is 0.602. The van der Waals surface area contributed by atoms with E-state index in [9.17, 15) is 24.6 Å². The molecule has 4 rings (SSSR count). The summed E-state index contributed by atoms with van der Waals surface area (Å²) in [5.74, 6) is -4.67. The molecule has 0 radical (unpaired) electrons. The van der Waals surface area contributed by atoms with E-state index in [1.807, 2.05) is 32.0 Å². The van der Waals surface area contributed by atoms with E-state index >= 15 is 0 Å². The fraction of sp³-hybridized carbons (Fsp3) is 0.391. The summed E-state index contributed by atoms with van der Waals surface area (Å²) in [5.41, 5.74) is 0.703. The molecule has 8 heteroatoms. The highest BCUT2D eigenvalue weighted by Crippen LogP contribution is 2.50. The number of imide groups is 1. The van der Waals surface area contributed by atoms with Crippen LogP contribution in [0.4, 0.5) is 5.69 Å². The number of aliphatic hydroxyl groups is 1. The predicted octanol–water partition coefficient (Wildman–Crippen LogP) is 1.47. The highest BCUT2D eigenvalue weighted by Gasteiger charge is 2.69. The third kappa shape index (κ3) is 2.97. The second-order valence-electron chi connectivity index (χ2n) is 7.96. The maximum absolute atomic E-state index is 13.7. The number of amides is 2. The van der Waals surface area contributed by atoms with Crippen LogP contribution in [-0.2, 0) is 27.2 Å². The first kappa shape index (κ1) is 21.1. The number of benzene rings is 1. The molecule has 0 spiro atoms. The number of pyridine rings is 1. The summed E-state index contributed by atoms with van der Waals surface area (Å²) in [4.78, 5) is 45.1. The van der Waals surface area contributed by atoms with Gasteiger partial charge >= 0.3 is 5.97 Å². The summed E-state index contributed by atoms with van der Waals surface area (Å²) in [7, 11) is 0. The van der Waals surface area contributed by atoms with Crippen molar-refractivity contribution in [3.05, 3.63) is 59.4 Å². The number of hydrogen-bond donors (Lipinski definition) is 3. The second kappa shape index (κ2) is 7.86. The minimum atomic E-state index is -1.97. The molecule has 2 amide bonds. The molecule has 0 bridgehead atoms. The number of anilines is 1. The van der Waals surface area contributed by atoms with Crippen molar-refractivity contribution in [1.29, 1.82) is 0 Å². The molecule has 31 heavy (non-hydrogen) atoms. The Morgan fingerprint density at radius 3 is 2.29 bits per heavy atom. The average Bonchev–Trinajstić information content (AvgIpc) is 3.28. The maximum atomic E-state index is 13.7. The molecule has 0 saturated carbocycles. The van der Waals surface area contributed by atoms with E-state index in [2.05, 4.69) is 10.3 Å². The number of hydrogen-bond acceptors (Lipinski definition) is 6. The number of fused-ring (bicyclic) bond motifs is 1. The molecule has 8 nitrogen and oxygen atoms in total. The lowest BCUT2D eigenvalue weighted by atomic mass is 9.80. The molecule has 2 aliphatic heterocycles. The Morgan fingerprint density at radius 2 is 1.77 bits per heavy atom. The Kier molecular flexibility index (Phi) is 5.36. The highest BCUT2D eigenvalue weighted by atomic mass is 16.4. The highest BCUT2D eigenvalue weighted by molar-refractivity contribution is 6.25. The Hall–Kier alpha value is -3.10. The van der Waals surface area contributed by atoms with Gasteiger partial charge in [-0.3, -0.25) is 24.7 Å². The number of carboxylic acid groups (broad SMARTS) is 1. The van der Waals surface area contributed by atoms with Crippen LogP contribution in [0.2, 0.25) is 0 Å². The Labute approximate surface area is 179 Å². The number of para-hydroxylation sites is 1. The average molecular weight is 423 g/mol. The number of nitrogens with one attached hydrogen (secondary N) is 1. The van der Waals surface area contributed by atoms with E-state index in [1.54, 1.807) is 24.4 Å². The van der Waals surface area contributed by atoms with Crippen molar-refractivity contribution in [3.63, 3.8) is 0 Å². The lowest BCUT2D eigenvalue weighted by molar-refractivity contribution is -0.150. The monoisotopic (exact) mass is 423 g/mol. The summed E-state index contributed by atoms with van der Waals surface area (Å²) in [5, 5.41) is 23.0. The molecule has 4 unspecified atom stereocenters. The van der Waals surface area contributed by atoms with E-state index in [0.29, 0.717) is 24.2 Å². The summed E-state index contributed by atoms with van der Waals surface area (Å²) < 4.78 is 0. The molecule has 3 heterocycles. The number of carboxylic acids is 1. The van der Waals surface area contributed by atoms with Gasteiger partial charge in [-0.15, -0.1) is 0 Å².